The highest BCUT2D eigenvalue weighted by Gasteiger charge is 2.44. The standard InChI is InChI=1S/C23H26FNO2/c1-16(2)15-23(20-7-5-6-8-21(20)24)13-14-25(22(26)27-23)18(4)19-11-9-17(3)10-12-19/h5-12,18H,1,13-15H2,2-4H3/t18-,23?/m0/s1. The van der Waals surface area contributed by atoms with Crippen LogP contribution in [0.3, 0.4) is 0 Å². The van der Waals surface area contributed by atoms with Gasteiger partial charge < -0.3 is 9.64 Å². The van der Waals surface area contributed by atoms with Gasteiger partial charge >= 0.3 is 6.09 Å². The van der Waals surface area contributed by atoms with Gasteiger partial charge in [0, 0.05) is 24.9 Å². The van der Waals surface area contributed by atoms with Crippen LogP contribution in [-0.4, -0.2) is 17.5 Å². The molecule has 2 atom stereocenters. The maximum atomic E-state index is 14.5. The summed E-state index contributed by atoms with van der Waals surface area (Å²) < 4.78 is 20.4. The number of ether oxygens (including phenoxy) is 1. The van der Waals surface area contributed by atoms with Crippen molar-refractivity contribution in [3.8, 4) is 0 Å². The van der Waals surface area contributed by atoms with Gasteiger partial charge in [-0.05, 0) is 32.4 Å². The zero-order valence-corrected chi connectivity index (χ0v) is 16.2. The van der Waals surface area contributed by atoms with E-state index in [1.807, 2.05) is 45.0 Å². The molecule has 27 heavy (non-hydrogen) atoms. The van der Waals surface area contributed by atoms with Crippen LogP contribution in [0.4, 0.5) is 9.18 Å². The second kappa shape index (κ2) is 7.55. The average molecular weight is 367 g/mol. The van der Waals surface area contributed by atoms with Crippen molar-refractivity contribution >= 4 is 6.09 Å². The van der Waals surface area contributed by atoms with E-state index in [4.69, 9.17) is 4.74 Å². The molecular weight excluding hydrogens is 341 g/mol. The quantitative estimate of drug-likeness (QED) is 0.616. The molecule has 2 aromatic carbocycles. The molecule has 0 saturated carbocycles. The molecule has 3 nitrogen and oxygen atoms in total. The Labute approximate surface area is 160 Å². The van der Waals surface area contributed by atoms with Crippen LogP contribution in [0.2, 0.25) is 0 Å². The van der Waals surface area contributed by atoms with E-state index in [1.165, 1.54) is 11.6 Å². The lowest BCUT2D eigenvalue weighted by Gasteiger charge is -2.43. The lowest BCUT2D eigenvalue weighted by atomic mass is 9.83. The van der Waals surface area contributed by atoms with Crippen LogP contribution in [0.5, 0.6) is 0 Å². The second-order valence-corrected chi connectivity index (χ2v) is 7.51. The zero-order valence-electron chi connectivity index (χ0n) is 16.2. The third-order valence-electron chi connectivity index (χ3n) is 5.25. The first kappa shape index (κ1) is 19.2. The van der Waals surface area contributed by atoms with Crippen LogP contribution in [0.1, 0.15) is 49.4 Å². The highest BCUT2D eigenvalue weighted by atomic mass is 19.1. The number of hydrogen-bond acceptors (Lipinski definition) is 2. The molecule has 2 aromatic rings. The Balaban J connectivity index is 1.88. The van der Waals surface area contributed by atoms with Gasteiger partial charge in [-0.1, -0.05) is 60.2 Å². The highest BCUT2D eigenvalue weighted by molar-refractivity contribution is 5.70. The van der Waals surface area contributed by atoms with E-state index in [0.29, 0.717) is 24.9 Å². The largest absolute Gasteiger partial charge is 0.437 e. The van der Waals surface area contributed by atoms with Gasteiger partial charge in [0.2, 0.25) is 0 Å². The number of nitrogens with zero attached hydrogens (tertiary/aromatic N) is 1. The Morgan fingerprint density at radius 3 is 2.52 bits per heavy atom. The number of benzene rings is 2. The number of amides is 1. The van der Waals surface area contributed by atoms with Gasteiger partial charge in [0.1, 0.15) is 11.4 Å². The Bertz CT molecular complexity index is 846. The number of cyclic esters (lactones) is 1. The molecule has 142 valence electrons. The Kier molecular flexibility index (Phi) is 5.36. The smallest absolute Gasteiger partial charge is 0.411 e. The third kappa shape index (κ3) is 3.90. The van der Waals surface area contributed by atoms with Gasteiger partial charge in [0.25, 0.3) is 0 Å². The zero-order chi connectivity index (χ0) is 19.6. The number of halogens is 1. The van der Waals surface area contributed by atoms with E-state index in [1.54, 1.807) is 23.1 Å². The highest BCUT2D eigenvalue weighted by Crippen LogP contribution is 2.42. The first-order chi connectivity index (χ1) is 12.8. The molecule has 4 heteroatoms. The molecule has 0 radical (unpaired) electrons. The normalized spacial score (nSPS) is 20.9. The van der Waals surface area contributed by atoms with E-state index >= 15 is 0 Å². The molecule has 1 heterocycles. The van der Waals surface area contributed by atoms with Crippen LogP contribution in [0.25, 0.3) is 0 Å². The summed E-state index contributed by atoms with van der Waals surface area (Å²) in [7, 11) is 0. The molecule has 1 saturated heterocycles. The van der Waals surface area contributed by atoms with E-state index < -0.39 is 11.7 Å². The summed E-state index contributed by atoms with van der Waals surface area (Å²) in [6.45, 7) is 10.3. The fourth-order valence-corrected chi connectivity index (χ4v) is 3.77. The maximum absolute atomic E-state index is 14.5. The van der Waals surface area contributed by atoms with Crippen molar-refractivity contribution in [1.82, 2.24) is 4.90 Å². The van der Waals surface area contributed by atoms with Gasteiger partial charge in [-0.2, -0.15) is 0 Å². The van der Waals surface area contributed by atoms with Crippen LogP contribution >= 0.6 is 0 Å². The Morgan fingerprint density at radius 2 is 1.93 bits per heavy atom. The molecule has 1 unspecified atom stereocenters. The first-order valence-electron chi connectivity index (χ1n) is 9.28. The van der Waals surface area contributed by atoms with Crippen LogP contribution in [0.15, 0.2) is 60.7 Å². The van der Waals surface area contributed by atoms with Crippen molar-refractivity contribution in [2.75, 3.05) is 6.54 Å². The Morgan fingerprint density at radius 1 is 1.26 bits per heavy atom. The SMILES string of the molecule is C=C(C)CC1(c2ccccc2F)CCN([C@@H](C)c2ccc(C)cc2)C(=O)O1. The lowest BCUT2D eigenvalue weighted by Crippen LogP contribution is -2.49. The molecular formula is C23H26FNO2. The van der Waals surface area contributed by atoms with E-state index in [-0.39, 0.29) is 11.9 Å². The van der Waals surface area contributed by atoms with Gasteiger partial charge in [-0.3, -0.25) is 0 Å². The van der Waals surface area contributed by atoms with Crippen molar-refractivity contribution in [3.63, 3.8) is 0 Å². The average Bonchev–Trinajstić information content (AvgIpc) is 2.61. The summed E-state index contributed by atoms with van der Waals surface area (Å²) in [5.74, 6) is -0.355. The van der Waals surface area contributed by atoms with Crippen molar-refractivity contribution in [2.24, 2.45) is 0 Å². The lowest BCUT2D eigenvalue weighted by molar-refractivity contribution is -0.0620. The molecule has 0 spiro atoms. The summed E-state index contributed by atoms with van der Waals surface area (Å²) in [4.78, 5) is 14.6. The minimum Gasteiger partial charge on any atom is -0.437 e. The molecule has 1 aliphatic heterocycles. The summed E-state index contributed by atoms with van der Waals surface area (Å²) in [6, 6.07) is 14.5. The van der Waals surface area contributed by atoms with Gasteiger partial charge in [0.05, 0.1) is 6.04 Å². The molecule has 0 aromatic heterocycles. The van der Waals surface area contributed by atoms with Crippen molar-refractivity contribution < 1.29 is 13.9 Å². The van der Waals surface area contributed by atoms with Gasteiger partial charge in [-0.25, -0.2) is 9.18 Å². The molecule has 1 amide bonds. The monoisotopic (exact) mass is 367 g/mol. The van der Waals surface area contributed by atoms with Crippen LogP contribution in [-0.2, 0) is 10.3 Å². The number of hydrogen-bond donors (Lipinski definition) is 0. The van der Waals surface area contributed by atoms with Crippen LogP contribution < -0.4 is 0 Å². The fraction of sp³-hybridized carbons (Fsp3) is 0.348. The predicted octanol–water partition coefficient (Wildman–Crippen LogP) is 5.90. The summed E-state index contributed by atoms with van der Waals surface area (Å²) in [5.41, 5.74) is 2.50. The van der Waals surface area contributed by atoms with E-state index in [0.717, 1.165) is 11.1 Å². The van der Waals surface area contributed by atoms with Gasteiger partial charge in [-0.15, -0.1) is 0 Å². The van der Waals surface area contributed by atoms with Crippen LogP contribution in [0, 0.1) is 12.7 Å². The fourth-order valence-electron chi connectivity index (χ4n) is 3.77. The van der Waals surface area contributed by atoms with Crippen molar-refractivity contribution in [1.29, 1.82) is 0 Å². The van der Waals surface area contributed by atoms with E-state index in [2.05, 4.69) is 6.58 Å². The van der Waals surface area contributed by atoms with E-state index in [9.17, 15) is 9.18 Å². The molecule has 1 fully saturated rings. The molecule has 3 rings (SSSR count). The Hall–Kier alpha value is -2.62. The number of carbonyl (C=O) groups excluding carboxylic acids is 1. The van der Waals surface area contributed by atoms with Gasteiger partial charge in [0.15, 0.2) is 0 Å². The first-order valence-corrected chi connectivity index (χ1v) is 9.28. The molecule has 0 aliphatic carbocycles. The number of rotatable bonds is 5. The minimum absolute atomic E-state index is 0.110. The summed E-state index contributed by atoms with van der Waals surface area (Å²) in [6.07, 6.45) is 0.508. The molecule has 1 aliphatic rings. The molecule has 0 bridgehead atoms. The molecule has 0 N–H and O–H groups in total. The minimum atomic E-state index is -1.00. The summed E-state index contributed by atoms with van der Waals surface area (Å²) >= 11 is 0. The predicted molar refractivity (Wildman–Crippen MR) is 105 cm³/mol. The third-order valence-corrected chi connectivity index (χ3v) is 5.25. The number of aryl methyl sites for hydroxylation is 1. The summed E-state index contributed by atoms with van der Waals surface area (Å²) in [5, 5.41) is 0. The maximum Gasteiger partial charge on any atom is 0.411 e. The van der Waals surface area contributed by atoms with Crippen molar-refractivity contribution in [3.05, 3.63) is 83.2 Å². The second-order valence-electron chi connectivity index (χ2n) is 7.51. The topological polar surface area (TPSA) is 29.5 Å². The number of carbonyl (C=O) groups is 1. The van der Waals surface area contributed by atoms with Crippen molar-refractivity contribution in [2.45, 2.75) is 45.3 Å².